The molecular formula is C14H15ClN2O2S. The highest BCUT2D eigenvalue weighted by Gasteiger charge is 2.17. The molecule has 0 bridgehead atoms. The second kappa shape index (κ2) is 6.83. The maximum absolute atomic E-state index is 12.0. The van der Waals surface area contributed by atoms with E-state index in [9.17, 15) is 8.42 Å². The molecule has 1 aromatic carbocycles. The van der Waals surface area contributed by atoms with Crippen molar-refractivity contribution in [3.05, 3.63) is 59.4 Å². The van der Waals surface area contributed by atoms with Gasteiger partial charge in [0.2, 0.25) is 10.0 Å². The van der Waals surface area contributed by atoms with Crippen LogP contribution >= 0.6 is 11.6 Å². The number of nitrogens with zero attached hydrogens (tertiary/aromatic N) is 1. The highest BCUT2D eigenvalue weighted by atomic mass is 35.5. The van der Waals surface area contributed by atoms with E-state index in [4.69, 9.17) is 11.6 Å². The topological polar surface area (TPSA) is 59.1 Å². The number of sulfonamides is 1. The monoisotopic (exact) mass is 310 g/mol. The number of aryl methyl sites for hydroxylation is 1. The largest absolute Gasteiger partial charge is 0.243 e. The zero-order chi connectivity index (χ0) is 14.4. The van der Waals surface area contributed by atoms with Crippen LogP contribution < -0.4 is 4.72 Å². The van der Waals surface area contributed by atoms with Gasteiger partial charge >= 0.3 is 0 Å². The fourth-order valence-corrected chi connectivity index (χ4v) is 3.32. The molecule has 0 radical (unpaired) electrons. The third-order valence-corrected chi connectivity index (χ3v) is 4.70. The predicted molar refractivity (Wildman–Crippen MR) is 79.2 cm³/mol. The molecule has 0 spiro atoms. The molecule has 20 heavy (non-hydrogen) atoms. The standard InChI is InChI=1S/C14H15ClN2O2S/c15-14-13(9-5-10-16-14)20(18,19)17-11-4-8-12-6-2-1-3-7-12/h1-3,5-7,9-10,17H,4,8,11H2. The predicted octanol–water partition coefficient (Wildman–Crippen LogP) is 2.65. The summed E-state index contributed by atoms with van der Waals surface area (Å²) in [6.45, 7) is 0.364. The molecule has 2 rings (SSSR count). The third-order valence-electron chi connectivity index (χ3n) is 2.79. The number of hydrogen-bond donors (Lipinski definition) is 1. The van der Waals surface area contributed by atoms with E-state index in [1.165, 1.54) is 17.8 Å². The van der Waals surface area contributed by atoms with Crippen LogP contribution in [0.5, 0.6) is 0 Å². The molecule has 0 fully saturated rings. The Kier molecular flexibility index (Phi) is 5.11. The molecule has 0 aliphatic carbocycles. The Morgan fingerprint density at radius 1 is 1.10 bits per heavy atom. The first-order valence-corrected chi connectivity index (χ1v) is 8.10. The van der Waals surface area contributed by atoms with Crippen molar-refractivity contribution in [3.63, 3.8) is 0 Å². The van der Waals surface area contributed by atoms with Gasteiger partial charge in [-0.05, 0) is 30.5 Å². The lowest BCUT2D eigenvalue weighted by Crippen LogP contribution is -2.25. The van der Waals surface area contributed by atoms with E-state index in [-0.39, 0.29) is 10.0 Å². The normalized spacial score (nSPS) is 11.4. The van der Waals surface area contributed by atoms with E-state index in [1.54, 1.807) is 6.07 Å². The molecule has 0 atom stereocenters. The summed E-state index contributed by atoms with van der Waals surface area (Å²) in [5, 5.41) is -0.0111. The lowest BCUT2D eigenvalue weighted by molar-refractivity contribution is 0.578. The van der Waals surface area contributed by atoms with Crippen molar-refractivity contribution in [1.29, 1.82) is 0 Å². The summed E-state index contributed by atoms with van der Waals surface area (Å²) < 4.78 is 26.6. The fourth-order valence-electron chi connectivity index (χ4n) is 1.79. The molecule has 1 N–H and O–H groups in total. The molecule has 0 aliphatic heterocycles. The average molecular weight is 311 g/mol. The summed E-state index contributed by atoms with van der Waals surface area (Å²) in [7, 11) is -3.59. The van der Waals surface area contributed by atoms with Crippen molar-refractivity contribution in [2.45, 2.75) is 17.7 Å². The molecule has 6 heteroatoms. The zero-order valence-corrected chi connectivity index (χ0v) is 12.4. The van der Waals surface area contributed by atoms with Crippen LogP contribution in [0.4, 0.5) is 0 Å². The van der Waals surface area contributed by atoms with Crippen molar-refractivity contribution in [2.24, 2.45) is 0 Å². The first-order valence-electron chi connectivity index (χ1n) is 6.24. The molecule has 0 aliphatic rings. The van der Waals surface area contributed by atoms with Gasteiger partial charge in [-0.1, -0.05) is 41.9 Å². The summed E-state index contributed by atoms with van der Waals surface area (Å²) in [5.41, 5.74) is 1.19. The lowest BCUT2D eigenvalue weighted by atomic mass is 10.1. The van der Waals surface area contributed by atoms with E-state index in [0.717, 1.165) is 12.8 Å². The van der Waals surface area contributed by atoms with Gasteiger partial charge in [0, 0.05) is 12.7 Å². The van der Waals surface area contributed by atoms with Crippen LogP contribution in [0.25, 0.3) is 0 Å². The molecule has 0 amide bonds. The van der Waals surface area contributed by atoms with Gasteiger partial charge in [0.05, 0.1) is 0 Å². The van der Waals surface area contributed by atoms with E-state index < -0.39 is 10.0 Å². The fraction of sp³-hybridized carbons (Fsp3) is 0.214. The number of pyridine rings is 1. The summed E-state index contributed by atoms with van der Waals surface area (Å²) in [6, 6.07) is 12.9. The SMILES string of the molecule is O=S(=O)(NCCCc1ccccc1)c1cccnc1Cl. The summed E-state index contributed by atoms with van der Waals surface area (Å²) in [4.78, 5) is 3.78. The number of nitrogens with one attached hydrogen (secondary N) is 1. The van der Waals surface area contributed by atoms with Crippen molar-refractivity contribution in [3.8, 4) is 0 Å². The van der Waals surface area contributed by atoms with Gasteiger partial charge in [-0.3, -0.25) is 0 Å². The van der Waals surface area contributed by atoms with Gasteiger partial charge in [0.1, 0.15) is 10.0 Å². The molecule has 2 aromatic rings. The van der Waals surface area contributed by atoms with Crippen LogP contribution in [0.15, 0.2) is 53.6 Å². The number of halogens is 1. The minimum atomic E-state index is -3.59. The summed E-state index contributed by atoms with van der Waals surface area (Å²) >= 11 is 5.79. The van der Waals surface area contributed by atoms with Gasteiger partial charge in [-0.2, -0.15) is 0 Å². The van der Waals surface area contributed by atoms with Crippen LogP contribution in [0, 0.1) is 0 Å². The van der Waals surface area contributed by atoms with Gasteiger partial charge in [0.25, 0.3) is 0 Å². The lowest BCUT2D eigenvalue weighted by Gasteiger charge is -2.07. The van der Waals surface area contributed by atoms with Crippen molar-refractivity contribution >= 4 is 21.6 Å². The first kappa shape index (κ1) is 15.0. The molecule has 1 heterocycles. The average Bonchev–Trinajstić information content (AvgIpc) is 2.45. The molecule has 0 saturated heterocycles. The first-order chi connectivity index (χ1) is 9.59. The minimum absolute atomic E-state index is 0.0111. The van der Waals surface area contributed by atoms with Crippen molar-refractivity contribution < 1.29 is 8.42 Å². The van der Waals surface area contributed by atoms with Gasteiger partial charge in [0.15, 0.2) is 0 Å². The molecule has 0 unspecified atom stereocenters. The Labute approximate surface area is 123 Å². The summed E-state index contributed by atoms with van der Waals surface area (Å²) in [6.07, 6.45) is 3.00. The number of hydrogen-bond acceptors (Lipinski definition) is 3. The Morgan fingerprint density at radius 2 is 1.85 bits per heavy atom. The smallest absolute Gasteiger partial charge is 0.243 e. The van der Waals surface area contributed by atoms with Crippen LogP contribution in [0.2, 0.25) is 5.15 Å². The molecule has 0 saturated carbocycles. The minimum Gasteiger partial charge on any atom is -0.243 e. The molecular weight excluding hydrogens is 296 g/mol. The van der Waals surface area contributed by atoms with Crippen LogP contribution in [-0.2, 0) is 16.4 Å². The Balaban J connectivity index is 1.89. The molecule has 4 nitrogen and oxygen atoms in total. The van der Waals surface area contributed by atoms with E-state index >= 15 is 0 Å². The molecule has 1 aromatic heterocycles. The Bertz CT molecular complexity index is 660. The van der Waals surface area contributed by atoms with Crippen LogP contribution in [0.3, 0.4) is 0 Å². The Hall–Kier alpha value is -1.43. The second-order valence-electron chi connectivity index (χ2n) is 4.28. The van der Waals surface area contributed by atoms with Crippen LogP contribution in [-0.4, -0.2) is 19.9 Å². The number of aromatic nitrogens is 1. The van der Waals surface area contributed by atoms with E-state index in [1.807, 2.05) is 30.3 Å². The highest BCUT2D eigenvalue weighted by Crippen LogP contribution is 2.17. The Morgan fingerprint density at radius 3 is 2.55 bits per heavy atom. The van der Waals surface area contributed by atoms with Crippen molar-refractivity contribution in [2.75, 3.05) is 6.54 Å². The number of rotatable bonds is 6. The van der Waals surface area contributed by atoms with Gasteiger partial charge < -0.3 is 0 Å². The maximum Gasteiger partial charge on any atom is 0.243 e. The quantitative estimate of drug-likeness (QED) is 0.659. The van der Waals surface area contributed by atoms with E-state index in [0.29, 0.717) is 6.54 Å². The highest BCUT2D eigenvalue weighted by molar-refractivity contribution is 7.89. The third kappa shape index (κ3) is 4.03. The number of benzene rings is 1. The maximum atomic E-state index is 12.0. The van der Waals surface area contributed by atoms with Gasteiger partial charge in [-0.15, -0.1) is 0 Å². The second-order valence-corrected chi connectivity index (χ2v) is 6.37. The zero-order valence-electron chi connectivity index (χ0n) is 10.8. The van der Waals surface area contributed by atoms with Gasteiger partial charge in [-0.25, -0.2) is 18.1 Å². The molecule has 106 valence electrons. The van der Waals surface area contributed by atoms with Crippen molar-refractivity contribution in [1.82, 2.24) is 9.71 Å². The van der Waals surface area contributed by atoms with E-state index in [2.05, 4.69) is 9.71 Å². The van der Waals surface area contributed by atoms with Crippen LogP contribution in [0.1, 0.15) is 12.0 Å². The summed E-state index contributed by atoms with van der Waals surface area (Å²) in [5.74, 6) is 0.